The van der Waals surface area contributed by atoms with Gasteiger partial charge in [0.2, 0.25) is 11.8 Å². The quantitative estimate of drug-likeness (QED) is 0.556. The van der Waals surface area contributed by atoms with E-state index in [0.717, 1.165) is 0 Å². The Kier molecular flexibility index (Phi) is 3.23. The molecule has 3 N–H and O–H groups in total. The predicted octanol–water partition coefficient (Wildman–Crippen LogP) is 1.15. The lowest BCUT2D eigenvalue weighted by molar-refractivity contribution is 0.0999. The Morgan fingerprint density at radius 3 is 2.50 bits per heavy atom. The maximum absolute atomic E-state index is 11.0. The van der Waals surface area contributed by atoms with Gasteiger partial charge in [-0.1, -0.05) is 12.1 Å². The SMILES string of the molecule is CCOC(=N)c1ccccc1C(N)=O. The summed E-state index contributed by atoms with van der Waals surface area (Å²) in [5, 5.41) is 7.53. The van der Waals surface area contributed by atoms with Crippen LogP contribution in [0.5, 0.6) is 0 Å². The van der Waals surface area contributed by atoms with Crippen LogP contribution in [0.3, 0.4) is 0 Å². The largest absolute Gasteiger partial charge is 0.478 e. The molecular formula is C10H12N2O2. The number of rotatable bonds is 3. The third-order valence-corrected chi connectivity index (χ3v) is 1.73. The zero-order valence-electron chi connectivity index (χ0n) is 7.91. The summed E-state index contributed by atoms with van der Waals surface area (Å²) in [6.07, 6.45) is 0. The molecule has 0 radical (unpaired) electrons. The van der Waals surface area contributed by atoms with Crippen LogP contribution in [0, 0.1) is 5.41 Å². The summed E-state index contributed by atoms with van der Waals surface area (Å²) in [6, 6.07) is 6.64. The van der Waals surface area contributed by atoms with Crippen molar-refractivity contribution in [3.63, 3.8) is 0 Å². The molecule has 1 rings (SSSR count). The van der Waals surface area contributed by atoms with E-state index in [0.29, 0.717) is 17.7 Å². The van der Waals surface area contributed by atoms with Crippen LogP contribution >= 0.6 is 0 Å². The first-order chi connectivity index (χ1) is 6.66. The van der Waals surface area contributed by atoms with Crippen molar-refractivity contribution < 1.29 is 9.53 Å². The lowest BCUT2D eigenvalue weighted by Gasteiger charge is -2.07. The standard InChI is InChI=1S/C10H12N2O2/c1-2-14-10(12)8-6-4-3-5-7(8)9(11)13/h3-6,12H,2H2,1H3,(H2,11,13). The molecule has 0 aromatic heterocycles. The predicted molar refractivity (Wildman–Crippen MR) is 53.4 cm³/mol. The number of primary amides is 1. The van der Waals surface area contributed by atoms with Gasteiger partial charge in [0.25, 0.3) is 0 Å². The van der Waals surface area contributed by atoms with Crippen LogP contribution < -0.4 is 5.73 Å². The van der Waals surface area contributed by atoms with Gasteiger partial charge in [0.15, 0.2) is 0 Å². The van der Waals surface area contributed by atoms with Crippen molar-refractivity contribution in [2.75, 3.05) is 6.61 Å². The summed E-state index contributed by atoms with van der Waals surface area (Å²) in [5.41, 5.74) is 5.90. The normalized spacial score (nSPS) is 9.50. The average molecular weight is 192 g/mol. The van der Waals surface area contributed by atoms with E-state index in [4.69, 9.17) is 15.9 Å². The third-order valence-electron chi connectivity index (χ3n) is 1.73. The van der Waals surface area contributed by atoms with Gasteiger partial charge in [-0.15, -0.1) is 0 Å². The molecule has 1 aromatic rings. The van der Waals surface area contributed by atoms with E-state index < -0.39 is 5.91 Å². The van der Waals surface area contributed by atoms with Gasteiger partial charge < -0.3 is 10.5 Å². The summed E-state index contributed by atoms with van der Waals surface area (Å²) < 4.78 is 4.99. The second-order valence-electron chi connectivity index (χ2n) is 2.67. The summed E-state index contributed by atoms with van der Waals surface area (Å²) in [7, 11) is 0. The van der Waals surface area contributed by atoms with Crippen molar-refractivity contribution in [3.05, 3.63) is 35.4 Å². The Balaban J connectivity index is 3.07. The fraction of sp³-hybridized carbons (Fsp3) is 0.200. The highest BCUT2D eigenvalue weighted by Gasteiger charge is 2.11. The maximum atomic E-state index is 11.0. The van der Waals surface area contributed by atoms with Gasteiger partial charge in [-0.05, 0) is 19.1 Å². The highest BCUT2D eigenvalue weighted by Crippen LogP contribution is 2.09. The molecule has 1 amide bonds. The molecule has 1 aromatic carbocycles. The molecule has 4 heteroatoms. The minimum atomic E-state index is -0.551. The summed E-state index contributed by atoms with van der Waals surface area (Å²) in [6.45, 7) is 2.17. The van der Waals surface area contributed by atoms with Crippen LogP contribution in [0.4, 0.5) is 0 Å². The van der Waals surface area contributed by atoms with Crippen molar-refractivity contribution in [3.8, 4) is 0 Å². The molecule has 4 nitrogen and oxygen atoms in total. The molecule has 0 saturated carbocycles. The number of carbonyl (C=O) groups is 1. The monoisotopic (exact) mass is 192 g/mol. The lowest BCUT2D eigenvalue weighted by Crippen LogP contribution is -2.17. The van der Waals surface area contributed by atoms with Gasteiger partial charge in [-0.2, -0.15) is 0 Å². The molecule has 0 aliphatic heterocycles. The molecule has 0 saturated heterocycles. The van der Waals surface area contributed by atoms with Gasteiger partial charge in [-0.25, -0.2) is 0 Å². The van der Waals surface area contributed by atoms with Crippen LogP contribution in [0.1, 0.15) is 22.8 Å². The molecule has 0 aliphatic carbocycles. The maximum Gasteiger partial charge on any atom is 0.249 e. The molecule has 0 bridgehead atoms. The van der Waals surface area contributed by atoms with E-state index in [2.05, 4.69) is 0 Å². The van der Waals surface area contributed by atoms with Crippen molar-refractivity contribution in [1.29, 1.82) is 5.41 Å². The molecule has 0 aliphatic rings. The van der Waals surface area contributed by atoms with Gasteiger partial charge in [0, 0.05) is 5.56 Å². The van der Waals surface area contributed by atoms with Crippen molar-refractivity contribution >= 4 is 11.8 Å². The molecule has 0 fully saturated rings. The number of hydrogen-bond acceptors (Lipinski definition) is 3. The van der Waals surface area contributed by atoms with Crippen LogP contribution in [0.25, 0.3) is 0 Å². The zero-order valence-corrected chi connectivity index (χ0v) is 7.91. The number of ether oxygens (including phenoxy) is 1. The number of carbonyl (C=O) groups excluding carboxylic acids is 1. The van der Waals surface area contributed by atoms with Crippen LogP contribution in [-0.4, -0.2) is 18.4 Å². The molecular weight excluding hydrogens is 180 g/mol. The minimum Gasteiger partial charge on any atom is -0.478 e. The Morgan fingerprint density at radius 1 is 1.43 bits per heavy atom. The topological polar surface area (TPSA) is 76.2 Å². The van der Waals surface area contributed by atoms with Gasteiger partial charge in [-0.3, -0.25) is 10.2 Å². The Morgan fingerprint density at radius 2 is 2.00 bits per heavy atom. The highest BCUT2D eigenvalue weighted by molar-refractivity contribution is 6.05. The van der Waals surface area contributed by atoms with E-state index >= 15 is 0 Å². The first-order valence-electron chi connectivity index (χ1n) is 4.27. The fourth-order valence-corrected chi connectivity index (χ4v) is 1.12. The molecule has 0 spiro atoms. The summed E-state index contributed by atoms with van der Waals surface area (Å²) in [5.74, 6) is -0.577. The Labute approximate surface area is 82.2 Å². The van der Waals surface area contributed by atoms with Gasteiger partial charge in [0.1, 0.15) is 0 Å². The number of nitrogens with one attached hydrogen (secondary N) is 1. The molecule has 0 unspecified atom stereocenters. The van der Waals surface area contributed by atoms with Gasteiger partial charge >= 0.3 is 0 Å². The number of nitrogens with two attached hydrogens (primary N) is 1. The first-order valence-corrected chi connectivity index (χ1v) is 4.27. The highest BCUT2D eigenvalue weighted by atomic mass is 16.5. The van der Waals surface area contributed by atoms with E-state index in [1.165, 1.54) is 0 Å². The molecule has 74 valence electrons. The lowest BCUT2D eigenvalue weighted by atomic mass is 10.1. The zero-order chi connectivity index (χ0) is 10.6. The number of hydrogen-bond donors (Lipinski definition) is 2. The van der Waals surface area contributed by atoms with Crippen LogP contribution in [0.15, 0.2) is 24.3 Å². The van der Waals surface area contributed by atoms with Gasteiger partial charge in [0.05, 0.1) is 12.2 Å². The van der Waals surface area contributed by atoms with Crippen molar-refractivity contribution in [2.45, 2.75) is 6.92 Å². The summed E-state index contributed by atoms with van der Waals surface area (Å²) in [4.78, 5) is 11.0. The van der Waals surface area contributed by atoms with Crippen molar-refractivity contribution in [2.24, 2.45) is 5.73 Å². The molecule has 0 atom stereocenters. The third kappa shape index (κ3) is 2.10. The van der Waals surface area contributed by atoms with Crippen molar-refractivity contribution in [1.82, 2.24) is 0 Å². The second kappa shape index (κ2) is 4.41. The van der Waals surface area contributed by atoms with E-state index in [1.54, 1.807) is 31.2 Å². The van der Waals surface area contributed by atoms with E-state index in [9.17, 15) is 4.79 Å². The average Bonchev–Trinajstić information content (AvgIpc) is 2.18. The summed E-state index contributed by atoms with van der Waals surface area (Å²) >= 11 is 0. The molecule has 0 heterocycles. The fourth-order valence-electron chi connectivity index (χ4n) is 1.12. The first kappa shape index (κ1) is 10.2. The molecule has 14 heavy (non-hydrogen) atoms. The minimum absolute atomic E-state index is 0.0260. The van der Waals surface area contributed by atoms with Crippen LogP contribution in [-0.2, 0) is 4.74 Å². The Bertz CT molecular complexity index is 361. The Hall–Kier alpha value is -1.84. The number of benzene rings is 1. The van der Waals surface area contributed by atoms with Crippen LogP contribution in [0.2, 0.25) is 0 Å². The van der Waals surface area contributed by atoms with E-state index in [1.807, 2.05) is 0 Å². The number of amides is 1. The smallest absolute Gasteiger partial charge is 0.249 e. The second-order valence-corrected chi connectivity index (χ2v) is 2.67. The van der Waals surface area contributed by atoms with E-state index in [-0.39, 0.29) is 5.90 Å².